The van der Waals surface area contributed by atoms with Crippen molar-refractivity contribution in [3.63, 3.8) is 0 Å². The molecule has 33 heavy (non-hydrogen) atoms. The third-order valence-corrected chi connectivity index (χ3v) is 8.19. The topological polar surface area (TPSA) is 101 Å². The molecule has 0 saturated carbocycles. The highest BCUT2D eigenvalue weighted by Gasteiger charge is 2.23. The monoisotopic (exact) mass is 488 g/mol. The van der Waals surface area contributed by atoms with Crippen molar-refractivity contribution in [3.05, 3.63) is 54.1 Å². The number of hydrogen-bond acceptors (Lipinski definition) is 6. The first-order valence-corrected chi connectivity index (χ1v) is 13.2. The van der Waals surface area contributed by atoms with E-state index in [1.165, 1.54) is 16.1 Å². The van der Waals surface area contributed by atoms with Crippen LogP contribution < -0.4 is 5.32 Å². The van der Waals surface area contributed by atoms with Crippen molar-refractivity contribution in [2.75, 3.05) is 18.8 Å². The Morgan fingerprint density at radius 1 is 1.03 bits per heavy atom. The second-order valence-electron chi connectivity index (χ2n) is 7.30. The predicted molar refractivity (Wildman–Crippen MR) is 130 cm³/mol. The van der Waals surface area contributed by atoms with Crippen LogP contribution in [0, 0.1) is 0 Å². The number of imide groups is 1. The Labute approximate surface area is 198 Å². The number of aromatic nitrogens is 2. The number of nitrogens with one attached hydrogen (secondary N) is 1. The molecule has 0 saturated heterocycles. The van der Waals surface area contributed by atoms with E-state index in [4.69, 9.17) is 0 Å². The molecule has 176 valence electrons. The third-order valence-electron chi connectivity index (χ3n) is 5.16. The molecule has 0 aliphatic rings. The number of nitrogens with zero attached hydrogens (tertiary/aromatic N) is 3. The van der Waals surface area contributed by atoms with Gasteiger partial charge in [0.15, 0.2) is 5.16 Å². The molecule has 1 heterocycles. The number of thioether (sulfide) groups is 1. The van der Waals surface area contributed by atoms with Gasteiger partial charge in [-0.15, -0.1) is 0 Å². The van der Waals surface area contributed by atoms with Crippen molar-refractivity contribution in [1.29, 1.82) is 0 Å². The summed E-state index contributed by atoms with van der Waals surface area (Å²) in [6.45, 7) is 6.94. The number of imidazole rings is 1. The molecule has 0 aliphatic heterocycles. The average molecular weight is 489 g/mol. The Bertz CT molecular complexity index is 1240. The number of sulfonamides is 1. The van der Waals surface area contributed by atoms with Gasteiger partial charge in [0.1, 0.15) is 0 Å². The van der Waals surface area contributed by atoms with Crippen molar-refractivity contribution in [3.8, 4) is 0 Å². The van der Waals surface area contributed by atoms with Crippen LogP contribution in [-0.2, 0) is 32.6 Å². The highest BCUT2D eigenvalue weighted by Crippen LogP contribution is 2.27. The Morgan fingerprint density at radius 2 is 1.73 bits per heavy atom. The van der Waals surface area contributed by atoms with Crippen LogP contribution in [0.3, 0.4) is 0 Å². The molecule has 1 N–H and O–H groups in total. The fraction of sp³-hybridized carbons (Fsp3) is 0.348. The van der Waals surface area contributed by atoms with E-state index in [2.05, 4.69) is 10.3 Å². The van der Waals surface area contributed by atoms with Gasteiger partial charge in [-0.2, -0.15) is 4.31 Å². The molecular formula is C23H28N4O4S2. The Hall–Kier alpha value is -2.69. The van der Waals surface area contributed by atoms with Crippen LogP contribution in [0.1, 0.15) is 26.3 Å². The first-order valence-electron chi connectivity index (χ1n) is 10.8. The van der Waals surface area contributed by atoms with Gasteiger partial charge >= 0.3 is 0 Å². The number of aryl methyl sites for hydroxylation is 1. The largest absolute Gasteiger partial charge is 0.319 e. The van der Waals surface area contributed by atoms with E-state index in [9.17, 15) is 18.0 Å². The van der Waals surface area contributed by atoms with Gasteiger partial charge in [0, 0.05) is 19.6 Å². The zero-order valence-corrected chi connectivity index (χ0v) is 20.6. The third kappa shape index (κ3) is 5.82. The van der Waals surface area contributed by atoms with E-state index in [-0.39, 0.29) is 23.0 Å². The molecule has 0 unspecified atom stereocenters. The molecule has 8 nitrogen and oxygen atoms in total. The fourth-order valence-electron chi connectivity index (χ4n) is 3.52. The summed E-state index contributed by atoms with van der Waals surface area (Å²) < 4.78 is 29.0. The van der Waals surface area contributed by atoms with E-state index in [0.29, 0.717) is 30.3 Å². The highest BCUT2D eigenvalue weighted by molar-refractivity contribution is 7.99. The Kier molecular flexibility index (Phi) is 8.28. The van der Waals surface area contributed by atoms with Crippen molar-refractivity contribution < 1.29 is 18.0 Å². The summed E-state index contributed by atoms with van der Waals surface area (Å²) >= 11 is 1.21. The summed E-state index contributed by atoms with van der Waals surface area (Å²) in [5, 5.41) is 3.00. The van der Waals surface area contributed by atoms with E-state index < -0.39 is 15.9 Å². The van der Waals surface area contributed by atoms with Crippen molar-refractivity contribution in [2.45, 2.75) is 43.8 Å². The van der Waals surface area contributed by atoms with Crippen LogP contribution in [0.25, 0.3) is 11.0 Å². The van der Waals surface area contributed by atoms with Crippen molar-refractivity contribution >= 4 is 44.6 Å². The van der Waals surface area contributed by atoms with E-state index >= 15 is 0 Å². The molecule has 3 aromatic rings. The molecule has 0 fully saturated rings. The fourth-order valence-corrected chi connectivity index (χ4v) is 5.88. The van der Waals surface area contributed by atoms with Gasteiger partial charge in [0.05, 0.1) is 28.1 Å². The molecule has 1 aromatic heterocycles. The van der Waals surface area contributed by atoms with Gasteiger partial charge in [-0.1, -0.05) is 55.9 Å². The molecule has 3 rings (SSSR count). The van der Waals surface area contributed by atoms with Crippen molar-refractivity contribution in [1.82, 2.24) is 19.2 Å². The second-order valence-corrected chi connectivity index (χ2v) is 10.2. The molecule has 2 amide bonds. The quantitative estimate of drug-likeness (QED) is 0.440. The number of benzene rings is 2. The molecule has 0 bridgehead atoms. The van der Waals surface area contributed by atoms with Gasteiger partial charge < -0.3 is 4.57 Å². The molecule has 0 radical (unpaired) electrons. The minimum atomic E-state index is -3.59. The summed E-state index contributed by atoms with van der Waals surface area (Å²) in [7, 11) is -3.59. The number of hydrogen-bond donors (Lipinski definition) is 1. The number of fused-ring (bicyclic) bond motifs is 1. The number of carbonyl (C=O) groups excluding carboxylic acids is 2. The molecule has 2 aromatic carbocycles. The van der Waals surface area contributed by atoms with E-state index in [1.54, 1.807) is 32.0 Å². The molecular weight excluding hydrogens is 460 g/mol. The van der Waals surface area contributed by atoms with Crippen LogP contribution in [-0.4, -0.2) is 52.9 Å². The van der Waals surface area contributed by atoms with Crippen LogP contribution >= 0.6 is 11.8 Å². The van der Waals surface area contributed by atoms with Crippen LogP contribution in [0.5, 0.6) is 0 Å². The first-order chi connectivity index (χ1) is 15.8. The van der Waals surface area contributed by atoms with Gasteiger partial charge in [0.25, 0.3) is 0 Å². The lowest BCUT2D eigenvalue weighted by Gasteiger charge is -2.18. The summed E-state index contributed by atoms with van der Waals surface area (Å²) in [6, 6.07) is 14.1. The summed E-state index contributed by atoms with van der Waals surface area (Å²) in [4.78, 5) is 29.2. The minimum absolute atomic E-state index is 0.0223. The summed E-state index contributed by atoms with van der Waals surface area (Å²) in [5.41, 5.74) is 2.17. The van der Waals surface area contributed by atoms with Gasteiger partial charge in [-0.25, -0.2) is 13.4 Å². The lowest BCUT2D eigenvalue weighted by molar-refractivity contribution is -0.128. The van der Waals surface area contributed by atoms with Gasteiger partial charge in [-0.3, -0.25) is 14.9 Å². The minimum Gasteiger partial charge on any atom is -0.319 e. The number of rotatable bonds is 10. The maximum atomic E-state index is 12.8. The number of amides is 2. The number of carbonyl (C=O) groups is 2. The Balaban J connectivity index is 1.72. The Morgan fingerprint density at radius 3 is 2.36 bits per heavy atom. The average Bonchev–Trinajstić information content (AvgIpc) is 3.15. The smallest absolute Gasteiger partial charge is 0.243 e. The van der Waals surface area contributed by atoms with Crippen LogP contribution in [0.4, 0.5) is 0 Å². The maximum Gasteiger partial charge on any atom is 0.243 e. The lowest BCUT2D eigenvalue weighted by atomic mass is 10.1. The summed E-state index contributed by atoms with van der Waals surface area (Å²) in [6.07, 6.45) is 0.133. The maximum absolute atomic E-state index is 12.8. The van der Waals surface area contributed by atoms with Crippen LogP contribution in [0.15, 0.2) is 58.6 Å². The molecule has 10 heteroatoms. The van der Waals surface area contributed by atoms with E-state index in [1.807, 2.05) is 41.8 Å². The standard InChI is InChI=1S/C23H28N4O4S2/c1-4-26(5-2)33(30,31)18-12-13-20-19(15-18)24-23(27(20)6-3)32-16-22(29)25-21(28)14-17-10-8-7-9-11-17/h7-13,15H,4-6,14,16H2,1-3H3,(H,25,28,29). The summed E-state index contributed by atoms with van der Waals surface area (Å²) in [5.74, 6) is -0.739. The molecule has 0 atom stereocenters. The zero-order chi connectivity index (χ0) is 24.0. The predicted octanol–water partition coefficient (Wildman–Crippen LogP) is 3.06. The first kappa shape index (κ1) is 24.9. The molecule has 0 aliphatic carbocycles. The second kappa shape index (κ2) is 11.0. The van der Waals surface area contributed by atoms with Gasteiger partial charge in [0.2, 0.25) is 21.8 Å². The normalized spacial score (nSPS) is 11.8. The SMILES string of the molecule is CCN(CC)S(=O)(=O)c1ccc2c(c1)nc(SCC(=O)NC(=O)Cc1ccccc1)n2CC. The van der Waals surface area contributed by atoms with Crippen molar-refractivity contribution in [2.24, 2.45) is 0 Å². The highest BCUT2D eigenvalue weighted by atomic mass is 32.2. The lowest BCUT2D eigenvalue weighted by Crippen LogP contribution is -2.33. The van der Waals surface area contributed by atoms with E-state index in [0.717, 1.165) is 11.1 Å². The van der Waals surface area contributed by atoms with Gasteiger partial charge in [-0.05, 0) is 30.7 Å². The van der Waals surface area contributed by atoms with Crippen LogP contribution in [0.2, 0.25) is 0 Å². The zero-order valence-electron chi connectivity index (χ0n) is 18.9. The molecule has 0 spiro atoms.